The molecule has 0 radical (unpaired) electrons. The highest BCUT2D eigenvalue weighted by Crippen LogP contribution is 2.33. The first-order valence-corrected chi connectivity index (χ1v) is 7.61. The first-order chi connectivity index (χ1) is 9.29. The molecule has 3 nitrogen and oxygen atoms in total. The largest absolute Gasteiger partial charge is 0.368 e. The van der Waals surface area contributed by atoms with Crippen molar-refractivity contribution in [2.75, 3.05) is 37.6 Å². The van der Waals surface area contributed by atoms with Crippen LogP contribution in [-0.4, -0.2) is 43.7 Å². The standard InChI is InChI=1S/C15H22ClN3/c16-13-3-1-2-4-15(13)19-9-7-18(8-10-19)14-6-5-12(14)11-17/h1-4,12,14H,5-11,17H2. The van der Waals surface area contributed by atoms with Gasteiger partial charge >= 0.3 is 0 Å². The fraction of sp³-hybridized carbons (Fsp3) is 0.600. The van der Waals surface area contributed by atoms with E-state index in [2.05, 4.69) is 21.9 Å². The molecule has 0 amide bonds. The summed E-state index contributed by atoms with van der Waals surface area (Å²) >= 11 is 6.27. The van der Waals surface area contributed by atoms with E-state index in [0.717, 1.165) is 49.7 Å². The normalized spacial score (nSPS) is 28.2. The van der Waals surface area contributed by atoms with Crippen LogP contribution in [0.1, 0.15) is 12.8 Å². The van der Waals surface area contributed by atoms with Gasteiger partial charge in [-0.15, -0.1) is 0 Å². The lowest BCUT2D eigenvalue weighted by Crippen LogP contribution is -2.56. The van der Waals surface area contributed by atoms with Crippen molar-refractivity contribution in [1.29, 1.82) is 0 Å². The van der Waals surface area contributed by atoms with Crippen LogP contribution in [0.3, 0.4) is 0 Å². The van der Waals surface area contributed by atoms with Crippen LogP contribution >= 0.6 is 11.6 Å². The van der Waals surface area contributed by atoms with E-state index in [1.807, 2.05) is 12.1 Å². The van der Waals surface area contributed by atoms with E-state index >= 15 is 0 Å². The Morgan fingerprint density at radius 3 is 2.42 bits per heavy atom. The minimum atomic E-state index is 0.729. The Balaban J connectivity index is 1.59. The molecule has 2 fully saturated rings. The van der Waals surface area contributed by atoms with E-state index in [1.54, 1.807) is 0 Å². The number of anilines is 1. The number of hydrogen-bond donors (Lipinski definition) is 1. The summed E-state index contributed by atoms with van der Waals surface area (Å²) in [6, 6.07) is 8.87. The van der Waals surface area contributed by atoms with Crippen LogP contribution in [-0.2, 0) is 0 Å². The number of hydrogen-bond acceptors (Lipinski definition) is 3. The van der Waals surface area contributed by atoms with Crippen molar-refractivity contribution in [1.82, 2.24) is 4.90 Å². The monoisotopic (exact) mass is 279 g/mol. The van der Waals surface area contributed by atoms with E-state index in [9.17, 15) is 0 Å². The number of para-hydroxylation sites is 1. The maximum Gasteiger partial charge on any atom is 0.0639 e. The Bertz CT molecular complexity index is 427. The second kappa shape index (κ2) is 5.70. The predicted octanol–water partition coefficient (Wildman–Crippen LogP) is 2.20. The number of halogens is 1. The number of benzene rings is 1. The summed E-state index contributed by atoms with van der Waals surface area (Å²) in [5.41, 5.74) is 6.99. The number of rotatable bonds is 3. The zero-order valence-corrected chi connectivity index (χ0v) is 12.0. The van der Waals surface area contributed by atoms with Gasteiger partial charge < -0.3 is 10.6 Å². The van der Waals surface area contributed by atoms with Crippen molar-refractivity contribution in [3.8, 4) is 0 Å². The van der Waals surface area contributed by atoms with Gasteiger partial charge in [-0.25, -0.2) is 0 Å². The molecular weight excluding hydrogens is 258 g/mol. The molecule has 2 atom stereocenters. The van der Waals surface area contributed by atoms with E-state index in [-0.39, 0.29) is 0 Å². The molecule has 1 aromatic carbocycles. The average molecular weight is 280 g/mol. The molecule has 19 heavy (non-hydrogen) atoms. The molecule has 1 aromatic rings. The van der Waals surface area contributed by atoms with Gasteiger partial charge in [0.05, 0.1) is 10.7 Å². The zero-order valence-electron chi connectivity index (χ0n) is 11.3. The van der Waals surface area contributed by atoms with Gasteiger partial charge in [0.15, 0.2) is 0 Å². The van der Waals surface area contributed by atoms with E-state index < -0.39 is 0 Å². The van der Waals surface area contributed by atoms with Gasteiger partial charge in [-0.1, -0.05) is 23.7 Å². The van der Waals surface area contributed by atoms with Gasteiger partial charge in [0.1, 0.15) is 0 Å². The number of nitrogens with zero attached hydrogens (tertiary/aromatic N) is 2. The highest BCUT2D eigenvalue weighted by molar-refractivity contribution is 6.33. The van der Waals surface area contributed by atoms with Gasteiger partial charge in [-0.05, 0) is 37.4 Å². The molecule has 1 saturated carbocycles. The topological polar surface area (TPSA) is 32.5 Å². The summed E-state index contributed by atoms with van der Waals surface area (Å²) in [7, 11) is 0. The second-order valence-corrected chi connectivity index (χ2v) is 6.02. The van der Waals surface area contributed by atoms with Crippen LogP contribution in [0.5, 0.6) is 0 Å². The van der Waals surface area contributed by atoms with E-state index in [0.29, 0.717) is 0 Å². The molecule has 1 aliphatic carbocycles. The van der Waals surface area contributed by atoms with Gasteiger partial charge in [0, 0.05) is 32.2 Å². The fourth-order valence-electron chi connectivity index (χ4n) is 3.31. The summed E-state index contributed by atoms with van der Waals surface area (Å²) in [6.07, 6.45) is 2.64. The maximum absolute atomic E-state index is 6.27. The third kappa shape index (κ3) is 2.60. The summed E-state index contributed by atoms with van der Waals surface area (Å²) in [5.74, 6) is 0.729. The summed E-state index contributed by atoms with van der Waals surface area (Å²) in [4.78, 5) is 5.02. The molecule has 4 heteroatoms. The molecule has 0 bridgehead atoms. The highest BCUT2D eigenvalue weighted by Gasteiger charge is 2.35. The van der Waals surface area contributed by atoms with Crippen molar-refractivity contribution in [3.63, 3.8) is 0 Å². The molecule has 2 unspecified atom stereocenters. The lowest BCUT2D eigenvalue weighted by atomic mass is 9.78. The smallest absolute Gasteiger partial charge is 0.0639 e. The van der Waals surface area contributed by atoms with Crippen LogP contribution in [0.25, 0.3) is 0 Å². The average Bonchev–Trinajstić information content (AvgIpc) is 2.40. The van der Waals surface area contributed by atoms with Crippen molar-refractivity contribution in [2.24, 2.45) is 11.7 Å². The minimum Gasteiger partial charge on any atom is -0.368 e. The molecule has 1 aliphatic heterocycles. The lowest BCUT2D eigenvalue weighted by Gasteiger charge is -2.47. The highest BCUT2D eigenvalue weighted by atomic mass is 35.5. The summed E-state index contributed by atoms with van der Waals surface area (Å²) in [6.45, 7) is 5.24. The molecule has 0 spiro atoms. The molecule has 104 valence electrons. The first kappa shape index (κ1) is 13.2. The summed E-state index contributed by atoms with van der Waals surface area (Å²) < 4.78 is 0. The number of piperazine rings is 1. The maximum atomic E-state index is 6.27. The number of nitrogens with two attached hydrogens (primary N) is 1. The van der Waals surface area contributed by atoms with Gasteiger partial charge in [-0.2, -0.15) is 0 Å². The quantitative estimate of drug-likeness (QED) is 0.921. The second-order valence-electron chi connectivity index (χ2n) is 5.61. The molecular formula is C15H22ClN3. The van der Waals surface area contributed by atoms with Crippen molar-refractivity contribution in [3.05, 3.63) is 29.3 Å². The third-order valence-electron chi connectivity index (χ3n) is 4.66. The Morgan fingerprint density at radius 2 is 1.84 bits per heavy atom. The lowest BCUT2D eigenvalue weighted by molar-refractivity contribution is 0.0619. The molecule has 3 rings (SSSR count). The van der Waals surface area contributed by atoms with Crippen LogP contribution < -0.4 is 10.6 Å². The molecule has 2 aliphatic rings. The van der Waals surface area contributed by atoms with Crippen molar-refractivity contribution >= 4 is 17.3 Å². The van der Waals surface area contributed by atoms with Crippen LogP contribution in [0.2, 0.25) is 5.02 Å². The van der Waals surface area contributed by atoms with E-state index in [4.69, 9.17) is 17.3 Å². The SMILES string of the molecule is NCC1CCC1N1CCN(c2ccccc2Cl)CC1. The Morgan fingerprint density at radius 1 is 1.11 bits per heavy atom. The molecule has 1 saturated heterocycles. The van der Waals surface area contributed by atoms with E-state index in [1.165, 1.54) is 18.5 Å². The van der Waals surface area contributed by atoms with Crippen LogP contribution in [0, 0.1) is 5.92 Å². The van der Waals surface area contributed by atoms with Gasteiger partial charge in [-0.3, -0.25) is 4.90 Å². The summed E-state index contributed by atoms with van der Waals surface area (Å²) in [5, 5.41) is 0.861. The van der Waals surface area contributed by atoms with Crippen LogP contribution in [0.4, 0.5) is 5.69 Å². The Labute approximate surface area is 120 Å². The zero-order chi connectivity index (χ0) is 13.2. The van der Waals surface area contributed by atoms with Gasteiger partial charge in [0.2, 0.25) is 0 Å². The predicted molar refractivity (Wildman–Crippen MR) is 80.8 cm³/mol. The van der Waals surface area contributed by atoms with Gasteiger partial charge in [0.25, 0.3) is 0 Å². The molecule has 0 aromatic heterocycles. The van der Waals surface area contributed by atoms with Crippen LogP contribution in [0.15, 0.2) is 24.3 Å². The fourth-order valence-corrected chi connectivity index (χ4v) is 3.57. The minimum absolute atomic E-state index is 0.729. The molecule has 1 heterocycles. The third-order valence-corrected chi connectivity index (χ3v) is 4.98. The Kier molecular flexibility index (Phi) is 3.96. The Hall–Kier alpha value is -0.770. The van der Waals surface area contributed by atoms with Crippen molar-refractivity contribution in [2.45, 2.75) is 18.9 Å². The van der Waals surface area contributed by atoms with Crippen molar-refractivity contribution < 1.29 is 0 Å². The molecule has 2 N–H and O–H groups in total. The first-order valence-electron chi connectivity index (χ1n) is 7.23.